The van der Waals surface area contributed by atoms with Crippen molar-refractivity contribution in [2.24, 2.45) is 5.92 Å². The highest BCUT2D eigenvalue weighted by atomic mass is 19.1. The SMILES string of the molecule is CC(C)C(C)(C)OC(=O)Nc1nc(=O)n([C@@H]2O[C@H](C)C(O)C2O)cc1F. The van der Waals surface area contributed by atoms with Crippen LogP contribution in [0.3, 0.4) is 0 Å². The highest BCUT2D eigenvalue weighted by Crippen LogP contribution is 2.28. The molecule has 1 saturated heterocycles. The fourth-order valence-corrected chi connectivity index (χ4v) is 2.25. The molecule has 3 N–H and O–H groups in total. The molecule has 1 aromatic heterocycles. The minimum atomic E-state index is -1.42. The summed E-state index contributed by atoms with van der Waals surface area (Å²) in [4.78, 5) is 27.5. The summed E-state index contributed by atoms with van der Waals surface area (Å²) in [6.45, 7) is 8.62. The molecule has 26 heavy (non-hydrogen) atoms. The van der Waals surface area contributed by atoms with Crippen LogP contribution >= 0.6 is 0 Å². The molecule has 0 bridgehead atoms. The number of amides is 1. The number of hydrogen-bond acceptors (Lipinski definition) is 7. The first-order valence-corrected chi connectivity index (χ1v) is 8.24. The summed E-state index contributed by atoms with van der Waals surface area (Å²) in [7, 11) is 0. The molecule has 0 saturated carbocycles. The van der Waals surface area contributed by atoms with Crippen molar-refractivity contribution in [2.45, 2.75) is 64.8 Å². The molecule has 1 aliphatic heterocycles. The van der Waals surface area contributed by atoms with Crippen LogP contribution in [0, 0.1) is 11.7 Å². The molecule has 146 valence electrons. The van der Waals surface area contributed by atoms with Crippen molar-refractivity contribution in [1.82, 2.24) is 9.55 Å². The number of nitrogens with zero attached hydrogens (tertiary/aromatic N) is 2. The third-order valence-corrected chi connectivity index (χ3v) is 4.62. The maximum atomic E-state index is 14.3. The van der Waals surface area contributed by atoms with E-state index in [4.69, 9.17) is 9.47 Å². The van der Waals surface area contributed by atoms with Gasteiger partial charge in [0.15, 0.2) is 17.9 Å². The van der Waals surface area contributed by atoms with Crippen LogP contribution < -0.4 is 11.0 Å². The van der Waals surface area contributed by atoms with Crippen LogP contribution in [0.1, 0.15) is 40.8 Å². The van der Waals surface area contributed by atoms with E-state index in [-0.39, 0.29) is 5.92 Å². The molecule has 0 radical (unpaired) electrons. The fraction of sp³-hybridized carbons (Fsp3) is 0.688. The molecule has 2 rings (SSSR count). The average molecular weight is 373 g/mol. The predicted octanol–water partition coefficient (Wildman–Crippen LogP) is 1.00. The molecule has 2 unspecified atom stereocenters. The van der Waals surface area contributed by atoms with Gasteiger partial charge in [0.1, 0.15) is 17.8 Å². The number of rotatable bonds is 4. The second kappa shape index (κ2) is 7.29. The zero-order chi connectivity index (χ0) is 19.8. The lowest BCUT2D eigenvalue weighted by atomic mass is 9.95. The van der Waals surface area contributed by atoms with Gasteiger partial charge in [-0.1, -0.05) is 13.8 Å². The molecule has 1 fully saturated rings. The summed E-state index contributed by atoms with van der Waals surface area (Å²) in [5.41, 5.74) is -1.76. The van der Waals surface area contributed by atoms with Crippen LogP contribution in [0.25, 0.3) is 0 Å². The second-order valence-corrected chi connectivity index (χ2v) is 7.11. The molecule has 0 aromatic carbocycles. The van der Waals surface area contributed by atoms with E-state index in [1.54, 1.807) is 13.8 Å². The Labute approximate surface area is 149 Å². The summed E-state index contributed by atoms with van der Waals surface area (Å²) in [5, 5.41) is 21.7. The molecular formula is C16H24FN3O6. The lowest BCUT2D eigenvalue weighted by Gasteiger charge is -2.29. The van der Waals surface area contributed by atoms with Crippen molar-refractivity contribution in [3.8, 4) is 0 Å². The number of halogens is 1. The first-order chi connectivity index (χ1) is 11.9. The Hall–Kier alpha value is -2.04. The second-order valence-electron chi connectivity index (χ2n) is 7.11. The van der Waals surface area contributed by atoms with Crippen molar-refractivity contribution >= 4 is 11.9 Å². The van der Waals surface area contributed by atoms with Gasteiger partial charge < -0.3 is 19.7 Å². The Bertz CT molecular complexity index is 735. The lowest BCUT2D eigenvalue weighted by molar-refractivity contribution is -0.0355. The number of aliphatic hydroxyl groups excluding tert-OH is 2. The Morgan fingerprint density at radius 3 is 2.54 bits per heavy atom. The van der Waals surface area contributed by atoms with E-state index in [0.717, 1.165) is 10.8 Å². The minimum Gasteiger partial charge on any atom is -0.443 e. The van der Waals surface area contributed by atoms with Crippen molar-refractivity contribution < 1.29 is 28.9 Å². The van der Waals surface area contributed by atoms with E-state index in [1.807, 2.05) is 13.8 Å². The number of anilines is 1. The molecule has 1 amide bonds. The maximum Gasteiger partial charge on any atom is 0.413 e. The average Bonchev–Trinajstić information content (AvgIpc) is 2.77. The Morgan fingerprint density at radius 2 is 2.04 bits per heavy atom. The van der Waals surface area contributed by atoms with Crippen molar-refractivity contribution in [3.05, 3.63) is 22.5 Å². The number of aliphatic hydroxyl groups is 2. The lowest BCUT2D eigenvalue weighted by Crippen LogP contribution is -2.37. The van der Waals surface area contributed by atoms with Gasteiger partial charge in [-0.05, 0) is 26.7 Å². The zero-order valence-corrected chi connectivity index (χ0v) is 15.3. The summed E-state index contributed by atoms with van der Waals surface area (Å²) >= 11 is 0. The van der Waals surface area contributed by atoms with Crippen LogP contribution in [0.5, 0.6) is 0 Å². The van der Waals surface area contributed by atoms with Gasteiger partial charge in [0.05, 0.1) is 12.3 Å². The molecule has 0 aliphatic carbocycles. The third-order valence-electron chi connectivity index (χ3n) is 4.62. The number of aromatic nitrogens is 2. The van der Waals surface area contributed by atoms with Crippen LogP contribution in [-0.2, 0) is 9.47 Å². The van der Waals surface area contributed by atoms with Gasteiger partial charge in [-0.3, -0.25) is 9.88 Å². The molecule has 9 nitrogen and oxygen atoms in total. The van der Waals surface area contributed by atoms with Crippen LogP contribution in [-0.4, -0.2) is 49.8 Å². The number of ether oxygens (including phenoxy) is 2. The normalized spacial score (nSPS) is 26.2. The Kier molecular flexibility index (Phi) is 5.69. The van der Waals surface area contributed by atoms with Crippen molar-refractivity contribution in [1.29, 1.82) is 0 Å². The molecule has 1 aromatic rings. The van der Waals surface area contributed by atoms with Gasteiger partial charge in [-0.2, -0.15) is 4.98 Å². The van der Waals surface area contributed by atoms with Gasteiger partial charge in [0, 0.05) is 0 Å². The van der Waals surface area contributed by atoms with Crippen molar-refractivity contribution in [3.63, 3.8) is 0 Å². The zero-order valence-electron chi connectivity index (χ0n) is 15.3. The van der Waals surface area contributed by atoms with Gasteiger partial charge in [0.25, 0.3) is 0 Å². The number of nitrogens with one attached hydrogen (secondary N) is 1. The topological polar surface area (TPSA) is 123 Å². The van der Waals surface area contributed by atoms with Crippen molar-refractivity contribution in [2.75, 3.05) is 5.32 Å². The summed E-state index contributed by atoms with van der Waals surface area (Å²) in [6, 6.07) is 0. The number of carbonyl (C=O) groups is 1. The number of carbonyl (C=O) groups excluding carboxylic acids is 1. The molecule has 0 spiro atoms. The van der Waals surface area contributed by atoms with Gasteiger partial charge in [-0.15, -0.1) is 0 Å². The van der Waals surface area contributed by atoms with E-state index in [0.29, 0.717) is 0 Å². The van der Waals surface area contributed by atoms with Crippen LogP contribution in [0.4, 0.5) is 15.0 Å². The first kappa shape index (κ1) is 20.3. The molecular weight excluding hydrogens is 349 g/mol. The van der Waals surface area contributed by atoms with E-state index in [2.05, 4.69) is 10.3 Å². The predicted molar refractivity (Wildman–Crippen MR) is 89.1 cm³/mol. The Balaban J connectivity index is 2.20. The number of hydrogen-bond donors (Lipinski definition) is 3. The molecule has 2 heterocycles. The molecule has 1 aliphatic rings. The van der Waals surface area contributed by atoms with Crippen LogP contribution in [0.2, 0.25) is 0 Å². The van der Waals surface area contributed by atoms with Crippen LogP contribution in [0.15, 0.2) is 11.0 Å². The Morgan fingerprint density at radius 1 is 1.42 bits per heavy atom. The first-order valence-electron chi connectivity index (χ1n) is 8.24. The third kappa shape index (κ3) is 4.02. The highest BCUT2D eigenvalue weighted by Gasteiger charge is 2.42. The van der Waals surface area contributed by atoms with E-state index < -0.39 is 53.6 Å². The monoisotopic (exact) mass is 373 g/mol. The largest absolute Gasteiger partial charge is 0.443 e. The molecule has 4 atom stereocenters. The minimum absolute atomic E-state index is 0.00785. The van der Waals surface area contributed by atoms with Gasteiger partial charge >= 0.3 is 11.8 Å². The smallest absolute Gasteiger partial charge is 0.413 e. The van der Waals surface area contributed by atoms with E-state index >= 15 is 0 Å². The maximum absolute atomic E-state index is 14.3. The van der Waals surface area contributed by atoms with E-state index in [1.165, 1.54) is 6.92 Å². The standard InChI is InChI=1S/C16H24FN3O6/c1-7(2)16(4,5)26-15(24)19-12-9(17)6-20(14(23)18-12)13-11(22)10(21)8(3)25-13/h6-8,10-11,13,21-22H,1-5H3,(H,18,19,23,24)/t8-,10?,11?,13-/m1/s1. The summed E-state index contributed by atoms with van der Waals surface area (Å²) in [5.74, 6) is -1.61. The highest BCUT2D eigenvalue weighted by molar-refractivity contribution is 5.83. The fourth-order valence-electron chi connectivity index (χ4n) is 2.25. The van der Waals surface area contributed by atoms with E-state index in [9.17, 15) is 24.2 Å². The van der Waals surface area contributed by atoms with Gasteiger partial charge in [-0.25, -0.2) is 14.0 Å². The summed E-state index contributed by atoms with van der Waals surface area (Å²) in [6.07, 6.45) is -4.86. The quantitative estimate of drug-likeness (QED) is 0.719. The molecule has 10 heteroatoms. The van der Waals surface area contributed by atoms with Gasteiger partial charge in [0.2, 0.25) is 0 Å². The summed E-state index contributed by atoms with van der Waals surface area (Å²) < 4.78 is 25.5.